The Hall–Kier alpha value is -1.89. The number of hydrogen-bond acceptors (Lipinski definition) is 7. The molecular weight excluding hydrogens is 266 g/mol. The summed E-state index contributed by atoms with van der Waals surface area (Å²) in [4.78, 5) is 15.4. The molecule has 0 aliphatic heterocycles. The smallest absolute Gasteiger partial charge is 0.305 e. The van der Waals surface area contributed by atoms with Gasteiger partial charge in [-0.15, -0.1) is 11.3 Å². The van der Waals surface area contributed by atoms with Crippen LogP contribution in [0.25, 0.3) is 0 Å². The molecule has 0 aromatic carbocycles. The van der Waals surface area contributed by atoms with Gasteiger partial charge in [-0.05, 0) is 6.92 Å². The molecule has 0 aliphatic rings. The maximum Gasteiger partial charge on any atom is 0.305 e. The summed E-state index contributed by atoms with van der Waals surface area (Å²) in [5.41, 5.74) is 1.74. The van der Waals surface area contributed by atoms with Gasteiger partial charge in [0.15, 0.2) is 10.9 Å². The molecule has 6 nitrogen and oxygen atoms in total. The summed E-state index contributed by atoms with van der Waals surface area (Å²) >= 11 is 1.50. The number of carbonyl (C=O) groups is 1. The third kappa shape index (κ3) is 4.06. The van der Waals surface area contributed by atoms with Crippen LogP contribution in [-0.2, 0) is 22.5 Å². The van der Waals surface area contributed by atoms with E-state index in [1.54, 1.807) is 0 Å². The van der Waals surface area contributed by atoms with E-state index in [1.807, 2.05) is 18.4 Å². The van der Waals surface area contributed by atoms with Crippen LogP contribution in [0, 0.1) is 6.92 Å². The molecule has 1 N–H and O–H groups in total. The molecule has 0 saturated heterocycles. The first-order valence-corrected chi connectivity index (χ1v) is 6.72. The molecule has 0 spiro atoms. The van der Waals surface area contributed by atoms with E-state index in [0.29, 0.717) is 19.4 Å². The number of rotatable bonds is 6. The number of anilines is 1. The molecule has 0 aliphatic carbocycles. The molecular formula is C12H15N3O3S. The highest BCUT2D eigenvalue weighted by molar-refractivity contribution is 7.13. The Bertz CT molecular complexity index is 550. The second kappa shape index (κ2) is 6.33. The third-order valence-corrected chi connectivity index (χ3v) is 3.30. The van der Waals surface area contributed by atoms with E-state index >= 15 is 0 Å². The fourth-order valence-electron chi connectivity index (χ4n) is 1.50. The topological polar surface area (TPSA) is 77.2 Å². The van der Waals surface area contributed by atoms with E-state index < -0.39 is 0 Å². The Morgan fingerprint density at radius 2 is 2.42 bits per heavy atom. The minimum Gasteiger partial charge on any atom is -0.469 e. The largest absolute Gasteiger partial charge is 0.469 e. The second-order valence-corrected chi connectivity index (χ2v) is 4.87. The van der Waals surface area contributed by atoms with Gasteiger partial charge in [0.2, 0.25) is 0 Å². The van der Waals surface area contributed by atoms with Gasteiger partial charge in [0.1, 0.15) is 0 Å². The van der Waals surface area contributed by atoms with Gasteiger partial charge in [0, 0.05) is 17.9 Å². The van der Waals surface area contributed by atoms with Crippen molar-refractivity contribution in [1.29, 1.82) is 0 Å². The maximum atomic E-state index is 11.0. The lowest BCUT2D eigenvalue weighted by molar-refractivity contribution is -0.140. The Kier molecular flexibility index (Phi) is 4.51. The summed E-state index contributed by atoms with van der Waals surface area (Å²) in [6, 6.07) is 1.87. The Labute approximate surface area is 114 Å². The first kappa shape index (κ1) is 13.5. The number of nitrogens with one attached hydrogen (secondary N) is 1. The fourth-order valence-corrected chi connectivity index (χ4v) is 2.24. The highest BCUT2D eigenvalue weighted by atomic mass is 32.1. The number of ether oxygens (including phenoxy) is 1. The van der Waals surface area contributed by atoms with Gasteiger partial charge in [-0.25, -0.2) is 4.98 Å². The van der Waals surface area contributed by atoms with Gasteiger partial charge in [0.25, 0.3) is 0 Å². The van der Waals surface area contributed by atoms with Crippen LogP contribution in [0.3, 0.4) is 0 Å². The van der Waals surface area contributed by atoms with Crippen LogP contribution >= 0.6 is 11.3 Å². The molecule has 0 amide bonds. The molecule has 2 aromatic heterocycles. The van der Waals surface area contributed by atoms with E-state index in [1.165, 1.54) is 18.4 Å². The van der Waals surface area contributed by atoms with Crippen LogP contribution in [0.2, 0.25) is 0 Å². The van der Waals surface area contributed by atoms with Crippen molar-refractivity contribution < 1.29 is 14.1 Å². The van der Waals surface area contributed by atoms with Crippen molar-refractivity contribution in [3.05, 3.63) is 28.6 Å². The Balaban J connectivity index is 1.82. The molecule has 0 unspecified atom stereocenters. The summed E-state index contributed by atoms with van der Waals surface area (Å²) in [6.07, 6.45) is 0.938. The van der Waals surface area contributed by atoms with E-state index in [4.69, 9.17) is 4.52 Å². The van der Waals surface area contributed by atoms with E-state index in [-0.39, 0.29) is 5.97 Å². The van der Waals surface area contributed by atoms with E-state index in [2.05, 4.69) is 20.2 Å². The quantitative estimate of drug-likeness (QED) is 0.818. The first-order valence-electron chi connectivity index (χ1n) is 5.84. The van der Waals surface area contributed by atoms with Gasteiger partial charge in [0.05, 0.1) is 31.5 Å². The van der Waals surface area contributed by atoms with Crippen LogP contribution in [-0.4, -0.2) is 23.2 Å². The standard InChI is InChI=1S/C12H15N3O3S/c1-8-5-10(18-15-8)6-13-12-14-9(7-19-12)3-4-11(16)17-2/h5,7H,3-4,6H2,1-2H3,(H,13,14). The lowest BCUT2D eigenvalue weighted by atomic mass is 10.2. The third-order valence-electron chi connectivity index (χ3n) is 2.46. The van der Waals surface area contributed by atoms with Crippen LogP contribution in [0.1, 0.15) is 23.6 Å². The van der Waals surface area contributed by atoms with Gasteiger partial charge >= 0.3 is 5.97 Å². The molecule has 0 atom stereocenters. The minimum absolute atomic E-state index is 0.223. The van der Waals surface area contributed by atoms with Crippen molar-refractivity contribution in [2.24, 2.45) is 0 Å². The SMILES string of the molecule is COC(=O)CCc1csc(NCc2cc(C)no2)n1. The van der Waals surface area contributed by atoms with Gasteiger partial charge in [-0.3, -0.25) is 4.79 Å². The van der Waals surface area contributed by atoms with Crippen LogP contribution in [0.4, 0.5) is 5.13 Å². The van der Waals surface area contributed by atoms with Crippen molar-refractivity contribution >= 4 is 22.4 Å². The van der Waals surface area contributed by atoms with Crippen LogP contribution in [0.15, 0.2) is 16.0 Å². The molecule has 7 heteroatoms. The summed E-state index contributed by atoms with van der Waals surface area (Å²) in [5, 5.41) is 9.69. The molecule has 0 bridgehead atoms. The molecule has 2 heterocycles. The molecule has 0 saturated carbocycles. The highest BCUT2D eigenvalue weighted by Crippen LogP contribution is 2.17. The van der Waals surface area contributed by atoms with Gasteiger partial charge < -0.3 is 14.6 Å². The molecule has 0 radical (unpaired) electrons. The maximum absolute atomic E-state index is 11.0. The number of methoxy groups -OCH3 is 1. The predicted molar refractivity (Wildman–Crippen MR) is 71.0 cm³/mol. The first-order chi connectivity index (χ1) is 9.17. The van der Waals surface area contributed by atoms with Crippen LogP contribution < -0.4 is 5.32 Å². The van der Waals surface area contributed by atoms with Crippen LogP contribution in [0.5, 0.6) is 0 Å². The summed E-state index contributed by atoms with van der Waals surface area (Å²) in [7, 11) is 1.38. The number of nitrogens with zero attached hydrogens (tertiary/aromatic N) is 2. The average molecular weight is 281 g/mol. The molecule has 0 fully saturated rings. The second-order valence-electron chi connectivity index (χ2n) is 4.01. The summed E-state index contributed by atoms with van der Waals surface area (Å²) < 4.78 is 9.68. The van der Waals surface area contributed by atoms with E-state index in [9.17, 15) is 4.79 Å². The number of hydrogen-bond donors (Lipinski definition) is 1. The van der Waals surface area contributed by atoms with Crippen molar-refractivity contribution in [1.82, 2.24) is 10.1 Å². The van der Waals surface area contributed by atoms with Gasteiger partial charge in [-0.1, -0.05) is 5.16 Å². The Morgan fingerprint density at radius 1 is 1.58 bits per heavy atom. The monoisotopic (exact) mass is 281 g/mol. The van der Waals surface area contributed by atoms with Crippen molar-refractivity contribution in [3.63, 3.8) is 0 Å². The van der Waals surface area contributed by atoms with Gasteiger partial charge in [-0.2, -0.15) is 0 Å². The van der Waals surface area contributed by atoms with Crippen molar-refractivity contribution in [3.8, 4) is 0 Å². The highest BCUT2D eigenvalue weighted by Gasteiger charge is 2.06. The molecule has 102 valence electrons. The number of thiazole rings is 1. The number of esters is 1. The number of carbonyl (C=O) groups excluding carboxylic acids is 1. The summed E-state index contributed by atoms with van der Waals surface area (Å²) in [6.45, 7) is 2.42. The molecule has 19 heavy (non-hydrogen) atoms. The number of aromatic nitrogens is 2. The fraction of sp³-hybridized carbons (Fsp3) is 0.417. The van der Waals surface area contributed by atoms with Crippen molar-refractivity contribution in [2.45, 2.75) is 26.3 Å². The summed E-state index contributed by atoms with van der Waals surface area (Å²) in [5.74, 6) is 0.545. The number of aryl methyl sites for hydroxylation is 2. The molecule has 2 aromatic rings. The van der Waals surface area contributed by atoms with E-state index in [0.717, 1.165) is 22.3 Å². The molecule has 2 rings (SSSR count). The lowest BCUT2D eigenvalue weighted by Crippen LogP contribution is -2.02. The zero-order valence-corrected chi connectivity index (χ0v) is 11.6. The average Bonchev–Trinajstić information content (AvgIpc) is 3.02. The zero-order chi connectivity index (χ0) is 13.7. The van der Waals surface area contributed by atoms with Crippen molar-refractivity contribution in [2.75, 3.05) is 12.4 Å². The predicted octanol–water partition coefficient (Wildman–Crippen LogP) is 2.16. The zero-order valence-electron chi connectivity index (χ0n) is 10.8. The Morgan fingerprint density at radius 3 is 3.11 bits per heavy atom. The lowest BCUT2D eigenvalue weighted by Gasteiger charge is -1.98. The normalized spacial score (nSPS) is 10.4. The minimum atomic E-state index is -0.223.